The van der Waals surface area contributed by atoms with Gasteiger partial charge in [0.25, 0.3) is 5.91 Å². The van der Waals surface area contributed by atoms with Gasteiger partial charge in [-0.1, -0.05) is 11.6 Å². The van der Waals surface area contributed by atoms with E-state index in [2.05, 4.69) is 20.3 Å². The monoisotopic (exact) mass is 266 g/mol. The van der Waals surface area contributed by atoms with E-state index in [9.17, 15) is 9.18 Å². The third-order valence-corrected chi connectivity index (χ3v) is 2.21. The second kappa shape index (κ2) is 5.05. The molecule has 1 amide bonds. The molecule has 0 bridgehead atoms. The van der Waals surface area contributed by atoms with E-state index in [0.29, 0.717) is 5.69 Å². The van der Waals surface area contributed by atoms with Gasteiger partial charge >= 0.3 is 0 Å². The highest BCUT2D eigenvalue weighted by Crippen LogP contribution is 2.11. The van der Waals surface area contributed by atoms with Crippen molar-refractivity contribution in [3.63, 3.8) is 0 Å². The van der Waals surface area contributed by atoms with Crippen LogP contribution in [0.25, 0.3) is 0 Å². The van der Waals surface area contributed by atoms with Crippen molar-refractivity contribution < 1.29 is 9.18 Å². The molecule has 0 fully saturated rings. The first-order chi connectivity index (χ1) is 8.54. The van der Waals surface area contributed by atoms with Gasteiger partial charge in [0.2, 0.25) is 5.95 Å². The summed E-state index contributed by atoms with van der Waals surface area (Å²) < 4.78 is 12.9. The molecule has 0 aromatic carbocycles. The van der Waals surface area contributed by atoms with E-state index in [4.69, 9.17) is 11.6 Å². The lowest BCUT2D eigenvalue weighted by molar-refractivity contribution is 0.102. The number of aryl methyl sites for hydroxylation is 1. The Hall–Kier alpha value is -2.08. The number of hydrogen-bond acceptors (Lipinski definition) is 4. The van der Waals surface area contributed by atoms with E-state index in [1.54, 1.807) is 13.0 Å². The summed E-state index contributed by atoms with van der Waals surface area (Å²) in [5.74, 6) is -1.08. The molecule has 2 aromatic rings. The zero-order valence-electron chi connectivity index (χ0n) is 9.32. The van der Waals surface area contributed by atoms with Gasteiger partial charge in [0, 0.05) is 11.9 Å². The molecule has 5 nitrogen and oxygen atoms in total. The summed E-state index contributed by atoms with van der Waals surface area (Å²) >= 11 is 5.73. The molecule has 7 heteroatoms. The molecule has 0 unspecified atom stereocenters. The Morgan fingerprint density at radius 1 is 1.33 bits per heavy atom. The lowest BCUT2D eigenvalue weighted by atomic mass is 10.2. The first-order valence-corrected chi connectivity index (χ1v) is 5.35. The van der Waals surface area contributed by atoms with Crippen molar-refractivity contribution in [1.29, 1.82) is 0 Å². The van der Waals surface area contributed by atoms with E-state index in [1.807, 2.05) is 0 Å². The third-order valence-electron chi connectivity index (χ3n) is 2.02. The molecule has 0 atom stereocenters. The van der Waals surface area contributed by atoms with Crippen LogP contribution in [-0.2, 0) is 0 Å². The van der Waals surface area contributed by atoms with Crippen molar-refractivity contribution in [2.45, 2.75) is 6.92 Å². The Balaban J connectivity index is 2.21. The molecule has 0 spiro atoms. The number of pyridine rings is 1. The van der Waals surface area contributed by atoms with Gasteiger partial charge in [0.15, 0.2) is 0 Å². The van der Waals surface area contributed by atoms with Gasteiger partial charge in [-0.3, -0.25) is 15.1 Å². The molecule has 92 valence electrons. The molecular formula is C11H8ClFN4O. The summed E-state index contributed by atoms with van der Waals surface area (Å²) in [5.41, 5.74) is 0.693. The number of carbonyl (C=O) groups is 1. The molecule has 2 rings (SSSR count). The number of hydrogen-bond donors (Lipinski definition) is 1. The van der Waals surface area contributed by atoms with Gasteiger partial charge in [-0.05, 0) is 19.1 Å². The topological polar surface area (TPSA) is 67.8 Å². The maximum absolute atomic E-state index is 12.9. The average Bonchev–Trinajstić information content (AvgIpc) is 2.27. The summed E-state index contributed by atoms with van der Waals surface area (Å²) in [5, 5.41) is 2.63. The molecule has 0 radical (unpaired) electrons. The predicted octanol–water partition coefficient (Wildman–Crippen LogP) is 2.22. The number of nitrogens with one attached hydrogen (secondary N) is 1. The summed E-state index contributed by atoms with van der Waals surface area (Å²) in [6.45, 7) is 1.72. The highest BCUT2D eigenvalue weighted by Gasteiger charge is 2.10. The Bertz CT molecular complexity index is 585. The van der Waals surface area contributed by atoms with Crippen molar-refractivity contribution in [3.8, 4) is 0 Å². The van der Waals surface area contributed by atoms with Gasteiger partial charge in [0.1, 0.15) is 11.0 Å². The molecule has 1 N–H and O–H groups in total. The van der Waals surface area contributed by atoms with E-state index in [0.717, 1.165) is 12.3 Å². The average molecular weight is 267 g/mol. The minimum absolute atomic E-state index is 0.0641. The Labute approximate surface area is 107 Å². The molecule has 2 aromatic heterocycles. The lowest BCUT2D eigenvalue weighted by Gasteiger charge is -2.04. The molecule has 0 aliphatic rings. The Morgan fingerprint density at radius 3 is 2.78 bits per heavy atom. The largest absolute Gasteiger partial charge is 0.290 e. The van der Waals surface area contributed by atoms with Gasteiger partial charge in [-0.15, -0.1) is 0 Å². The first kappa shape index (κ1) is 12.4. The van der Waals surface area contributed by atoms with Crippen LogP contribution in [0.3, 0.4) is 0 Å². The molecular weight excluding hydrogens is 259 g/mol. The number of rotatable bonds is 2. The van der Waals surface area contributed by atoms with Crippen molar-refractivity contribution >= 4 is 23.5 Å². The molecule has 0 aliphatic heterocycles. The van der Waals surface area contributed by atoms with Crippen LogP contribution in [0.2, 0.25) is 5.15 Å². The lowest BCUT2D eigenvalue weighted by Crippen LogP contribution is -2.15. The van der Waals surface area contributed by atoms with Crippen LogP contribution in [0.15, 0.2) is 24.5 Å². The van der Waals surface area contributed by atoms with E-state index in [1.165, 1.54) is 6.20 Å². The van der Waals surface area contributed by atoms with Gasteiger partial charge in [0.05, 0.1) is 11.8 Å². The van der Waals surface area contributed by atoms with Crippen LogP contribution < -0.4 is 5.32 Å². The SMILES string of the molecule is Cc1cc(Cl)nc(NC(=O)c2cncc(F)c2)n1. The quantitative estimate of drug-likeness (QED) is 0.847. The zero-order valence-corrected chi connectivity index (χ0v) is 10.1. The number of nitrogens with zero attached hydrogens (tertiary/aromatic N) is 3. The van der Waals surface area contributed by atoms with E-state index < -0.39 is 11.7 Å². The van der Waals surface area contributed by atoms with Crippen LogP contribution in [-0.4, -0.2) is 20.9 Å². The van der Waals surface area contributed by atoms with E-state index >= 15 is 0 Å². The van der Waals surface area contributed by atoms with Crippen LogP contribution >= 0.6 is 11.6 Å². The second-order valence-corrected chi connectivity index (χ2v) is 3.89. The summed E-state index contributed by atoms with van der Waals surface area (Å²) in [6.07, 6.45) is 2.26. The summed E-state index contributed by atoms with van der Waals surface area (Å²) in [4.78, 5) is 23.1. The normalized spacial score (nSPS) is 10.2. The van der Waals surface area contributed by atoms with Crippen molar-refractivity contribution in [1.82, 2.24) is 15.0 Å². The summed E-state index contributed by atoms with van der Waals surface area (Å²) in [6, 6.07) is 2.63. The van der Waals surface area contributed by atoms with Crippen LogP contribution in [0.5, 0.6) is 0 Å². The molecule has 18 heavy (non-hydrogen) atoms. The predicted molar refractivity (Wildman–Crippen MR) is 63.9 cm³/mol. The highest BCUT2D eigenvalue weighted by atomic mass is 35.5. The van der Waals surface area contributed by atoms with Gasteiger partial charge in [-0.2, -0.15) is 0 Å². The Morgan fingerprint density at radius 2 is 2.11 bits per heavy atom. The number of carbonyl (C=O) groups excluding carboxylic acids is 1. The van der Waals surface area contributed by atoms with Crippen LogP contribution in [0.4, 0.5) is 10.3 Å². The first-order valence-electron chi connectivity index (χ1n) is 4.97. The van der Waals surface area contributed by atoms with Crippen molar-refractivity contribution in [2.24, 2.45) is 0 Å². The number of amides is 1. The third kappa shape index (κ3) is 2.98. The molecule has 2 heterocycles. The fourth-order valence-electron chi connectivity index (χ4n) is 1.30. The van der Waals surface area contributed by atoms with Gasteiger partial charge in [-0.25, -0.2) is 14.4 Å². The Kier molecular flexibility index (Phi) is 3.47. The summed E-state index contributed by atoms with van der Waals surface area (Å²) in [7, 11) is 0. The van der Waals surface area contributed by atoms with Crippen LogP contribution in [0.1, 0.15) is 16.1 Å². The zero-order chi connectivity index (χ0) is 13.1. The van der Waals surface area contributed by atoms with Crippen molar-refractivity contribution in [2.75, 3.05) is 5.32 Å². The molecule has 0 saturated heterocycles. The second-order valence-electron chi connectivity index (χ2n) is 3.50. The van der Waals surface area contributed by atoms with Crippen LogP contribution in [0, 0.1) is 12.7 Å². The maximum Gasteiger partial charge on any atom is 0.259 e. The number of aromatic nitrogens is 3. The fourth-order valence-corrected chi connectivity index (χ4v) is 1.53. The highest BCUT2D eigenvalue weighted by molar-refractivity contribution is 6.29. The minimum Gasteiger partial charge on any atom is -0.290 e. The maximum atomic E-state index is 12.9. The smallest absolute Gasteiger partial charge is 0.259 e. The minimum atomic E-state index is -0.592. The fraction of sp³-hybridized carbons (Fsp3) is 0.0909. The molecule has 0 saturated carbocycles. The standard InChI is InChI=1S/C11H8ClFN4O/c1-6-2-9(12)16-11(15-6)17-10(18)7-3-8(13)5-14-4-7/h2-5H,1H3,(H,15,16,17,18). The van der Waals surface area contributed by atoms with E-state index in [-0.39, 0.29) is 16.7 Å². The number of halogens is 2. The van der Waals surface area contributed by atoms with Gasteiger partial charge < -0.3 is 0 Å². The van der Waals surface area contributed by atoms with Crippen molar-refractivity contribution in [3.05, 3.63) is 46.8 Å². The molecule has 0 aliphatic carbocycles. The number of anilines is 1.